The molecule has 0 aliphatic heterocycles. The molecular formula is C15H15F2NO3. The molecule has 0 fully saturated rings. The van der Waals surface area contributed by atoms with Gasteiger partial charge in [-0.1, -0.05) is 0 Å². The molecule has 112 valence electrons. The van der Waals surface area contributed by atoms with Crippen LogP contribution in [0.2, 0.25) is 0 Å². The summed E-state index contributed by atoms with van der Waals surface area (Å²) in [5.41, 5.74) is 0.297. The molecule has 2 rings (SSSR count). The van der Waals surface area contributed by atoms with Gasteiger partial charge in [0.2, 0.25) is 0 Å². The number of rotatable bonds is 5. The van der Waals surface area contributed by atoms with E-state index >= 15 is 0 Å². The van der Waals surface area contributed by atoms with Crippen LogP contribution >= 0.6 is 0 Å². The third kappa shape index (κ3) is 3.46. The first-order valence-corrected chi connectivity index (χ1v) is 6.34. The number of carbonyl (C=O) groups is 1. The summed E-state index contributed by atoms with van der Waals surface area (Å²) in [6, 6.07) is 4.33. The van der Waals surface area contributed by atoms with Gasteiger partial charge in [0.1, 0.15) is 23.7 Å². The van der Waals surface area contributed by atoms with Crippen molar-refractivity contribution in [2.24, 2.45) is 0 Å². The highest BCUT2D eigenvalue weighted by atomic mass is 19.1. The first-order chi connectivity index (χ1) is 9.88. The van der Waals surface area contributed by atoms with E-state index in [-0.39, 0.29) is 23.7 Å². The van der Waals surface area contributed by atoms with E-state index in [4.69, 9.17) is 9.52 Å². The number of hydrogen-bond donors (Lipinski definition) is 1. The monoisotopic (exact) mass is 295 g/mol. The Morgan fingerprint density at radius 2 is 2.10 bits per heavy atom. The van der Waals surface area contributed by atoms with Crippen LogP contribution < -0.4 is 0 Å². The molecule has 1 atom stereocenters. The van der Waals surface area contributed by atoms with Crippen molar-refractivity contribution in [1.82, 2.24) is 4.90 Å². The van der Waals surface area contributed by atoms with Crippen molar-refractivity contribution in [3.05, 3.63) is 59.1 Å². The first-order valence-electron chi connectivity index (χ1n) is 6.34. The fraction of sp³-hybridized carbons (Fsp3) is 0.267. The normalized spacial score (nSPS) is 12.6. The zero-order chi connectivity index (χ0) is 15.6. The van der Waals surface area contributed by atoms with Crippen LogP contribution in [0.15, 0.2) is 34.9 Å². The maximum absolute atomic E-state index is 13.7. The second-order valence-electron chi connectivity index (χ2n) is 4.86. The average molecular weight is 295 g/mol. The maximum Gasteiger partial charge on any atom is 0.338 e. The number of carboxylic acids is 1. The van der Waals surface area contributed by atoms with Gasteiger partial charge in [0, 0.05) is 11.6 Å². The molecule has 4 nitrogen and oxygen atoms in total. The lowest BCUT2D eigenvalue weighted by Crippen LogP contribution is -2.22. The lowest BCUT2D eigenvalue weighted by atomic mass is 10.1. The van der Waals surface area contributed by atoms with Crippen LogP contribution in [0.3, 0.4) is 0 Å². The van der Waals surface area contributed by atoms with E-state index in [1.807, 2.05) is 0 Å². The summed E-state index contributed by atoms with van der Waals surface area (Å²) in [5.74, 6) is -1.62. The van der Waals surface area contributed by atoms with Crippen molar-refractivity contribution in [1.29, 1.82) is 0 Å². The largest absolute Gasteiger partial charge is 0.478 e. The van der Waals surface area contributed by atoms with E-state index in [0.29, 0.717) is 5.76 Å². The van der Waals surface area contributed by atoms with Crippen LogP contribution in [-0.4, -0.2) is 23.0 Å². The van der Waals surface area contributed by atoms with Gasteiger partial charge >= 0.3 is 5.97 Å². The molecule has 1 unspecified atom stereocenters. The Morgan fingerprint density at radius 3 is 2.71 bits per heavy atom. The fourth-order valence-corrected chi connectivity index (χ4v) is 2.03. The number of benzene rings is 1. The minimum Gasteiger partial charge on any atom is -0.478 e. The summed E-state index contributed by atoms with van der Waals surface area (Å²) in [6.07, 6.45) is 1.15. The zero-order valence-corrected chi connectivity index (χ0v) is 11.6. The number of halogens is 2. The third-order valence-electron chi connectivity index (χ3n) is 3.38. The van der Waals surface area contributed by atoms with Gasteiger partial charge in [0.05, 0.1) is 12.1 Å². The van der Waals surface area contributed by atoms with Gasteiger partial charge in [-0.2, -0.15) is 0 Å². The van der Waals surface area contributed by atoms with E-state index < -0.39 is 17.6 Å². The second kappa shape index (κ2) is 6.05. The molecule has 1 heterocycles. The summed E-state index contributed by atoms with van der Waals surface area (Å²) < 4.78 is 32.1. The van der Waals surface area contributed by atoms with Gasteiger partial charge in [-0.15, -0.1) is 0 Å². The van der Waals surface area contributed by atoms with Gasteiger partial charge in [0.25, 0.3) is 0 Å². The molecule has 0 bridgehead atoms. The SMILES string of the molecule is CC(c1cc(F)ccc1F)N(C)Cc1cc(C(=O)O)co1. The lowest BCUT2D eigenvalue weighted by Gasteiger charge is -2.24. The number of carboxylic acid groups (broad SMARTS) is 1. The molecule has 1 N–H and O–H groups in total. The second-order valence-corrected chi connectivity index (χ2v) is 4.86. The van der Waals surface area contributed by atoms with Crippen molar-refractivity contribution < 1.29 is 23.1 Å². The Kier molecular flexibility index (Phi) is 4.37. The van der Waals surface area contributed by atoms with Crippen LogP contribution in [0.1, 0.15) is 34.6 Å². The van der Waals surface area contributed by atoms with E-state index in [1.165, 1.54) is 6.07 Å². The van der Waals surface area contributed by atoms with Gasteiger partial charge < -0.3 is 9.52 Å². The van der Waals surface area contributed by atoms with E-state index in [1.54, 1.807) is 18.9 Å². The van der Waals surface area contributed by atoms with E-state index in [9.17, 15) is 13.6 Å². The van der Waals surface area contributed by atoms with Crippen LogP contribution in [0.25, 0.3) is 0 Å². The highest BCUT2D eigenvalue weighted by molar-refractivity contribution is 5.87. The summed E-state index contributed by atoms with van der Waals surface area (Å²) in [7, 11) is 1.72. The molecule has 2 aromatic rings. The van der Waals surface area contributed by atoms with Crippen molar-refractivity contribution >= 4 is 5.97 Å². The molecule has 1 aromatic carbocycles. The predicted molar refractivity (Wildman–Crippen MR) is 71.9 cm³/mol. The molecule has 0 saturated carbocycles. The van der Waals surface area contributed by atoms with Gasteiger partial charge in [0.15, 0.2) is 0 Å². The van der Waals surface area contributed by atoms with Gasteiger partial charge in [-0.3, -0.25) is 4.90 Å². The van der Waals surface area contributed by atoms with Crippen molar-refractivity contribution in [3.63, 3.8) is 0 Å². The maximum atomic E-state index is 13.7. The third-order valence-corrected chi connectivity index (χ3v) is 3.38. The predicted octanol–water partition coefficient (Wildman–Crippen LogP) is 3.45. The Morgan fingerprint density at radius 1 is 1.38 bits per heavy atom. The molecule has 0 aliphatic carbocycles. The molecule has 21 heavy (non-hydrogen) atoms. The Balaban J connectivity index is 2.13. The quantitative estimate of drug-likeness (QED) is 0.918. The summed E-state index contributed by atoms with van der Waals surface area (Å²) in [5, 5.41) is 8.82. The Labute approximate surface area is 120 Å². The highest BCUT2D eigenvalue weighted by Gasteiger charge is 2.18. The van der Waals surface area contributed by atoms with E-state index in [0.717, 1.165) is 24.5 Å². The van der Waals surface area contributed by atoms with Crippen molar-refractivity contribution in [2.75, 3.05) is 7.05 Å². The molecule has 0 saturated heterocycles. The zero-order valence-electron chi connectivity index (χ0n) is 11.6. The number of furan rings is 1. The highest BCUT2D eigenvalue weighted by Crippen LogP contribution is 2.24. The smallest absolute Gasteiger partial charge is 0.338 e. The van der Waals surface area contributed by atoms with E-state index in [2.05, 4.69) is 0 Å². The topological polar surface area (TPSA) is 53.7 Å². The van der Waals surface area contributed by atoms with Gasteiger partial charge in [-0.05, 0) is 38.2 Å². The van der Waals surface area contributed by atoms with Crippen LogP contribution in [0, 0.1) is 11.6 Å². The van der Waals surface area contributed by atoms with Crippen LogP contribution in [0.5, 0.6) is 0 Å². The number of nitrogens with zero attached hydrogens (tertiary/aromatic N) is 1. The molecule has 1 aromatic heterocycles. The standard InChI is InChI=1S/C15H15F2NO3/c1-9(13-6-11(16)3-4-14(13)17)18(2)7-12-5-10(8-21-12)15(19)20/h3-6,8-9H,7H2,1-2H3,(H,19,20). The first kappa shape index (κ1) is 15.2. The molecule has 0 aliphatic rings. The molecular weight excluding hydrogens is 280 g/mol. The molecule has 0 radical (unpaired) electrons. The number of hydrogen-bond acceptors (Lipinski definition) is 3. The Bertz CT molecular complexity index is 654. The Hall–Kier alpha value is -2.21. The number of aromatic carboxylic acids is 1. The summed E-state index contributed by atoms with van der Waals surface area (Å²) in [6.45, 7) is 2.02. The minimum absolute atomic E-state index is 0.0583. The lowest BCUT2D eigenvalue weighted by molar-refractivity contribution is 0.0696. The van der Waals surface area contributed by atoms with Gasteiger partial charge in [-0.25, -0.2) is 13.6 Å². The summed E-state index contributed by atoms with van der Waals surface area (Å²) >= 11 is 0. The van der Waals surface area contributed by atoms with Crippen LogP contribution in [-0.2, 0) is 6.54 Å². The van der Waals surface area contributed by atoms with Crippen molar-refractivity contribution in [3.8, 4) is 0 Å². The molecule has 6 heteroatoms. The molecule has 0 amide bonds. The average Bonchev–Trinajstić information content (AvgIpc) is 2.89. The fourth-order valence-electron chi connectivity index (χ4n) is 2.03. The minimum atomic E-state index is -1.07. The van der Waals surface area contributed by atoms with Crippen LogP contribution in [0.4, 0.5) is 8.78 Å². The summed E-state index contributed by atoms with van der Waals surface area (Å²) in [4.78, 5) is 12.5. The van der Waals surface area contributed by atoms with Crippen molar-refractivity contribution in [2.45, 2.75) is 19.5 Å². The molecule has 0 spiro atoms.